The highest BCUT2D eigenvalue weighted by Crippen LogP contribution is 2.47. The number of hydrogen-bond donors (Lipinski definition) is 1. The maximum Gasteiger partial charge on any atom is 0.410 e. The number of ether oxygens (including phenoxy) is 1. The van der Waals surface area contributed by atoms with Crippen molar-refractivity contribution in [2.75, 3.05) is 11.4 Å². The summed E-state index contributed by atoms with van der Waals surface area (Å²) < 4.78 is 5.65. The van der Waals surface area contributed by atoms with Crippen LogP contribution in [0.3, 0.4) is 0 Å². The lowest BCUT2D eigenvalue weighted by molar-refractivity contribution is -0.384. The second kappa shape index (κ2) is 12.5. The number of anilines is 1. The molecule has 0 aliphatic carbocycles. The predicted octanol–water partition coefficient (Wildman–Crippen LogP) is 9.44. The van der Waals surface area contributed by atoms with Crippen molar-refractivity contribution in [1.29, 1.82) is 0 Å². The van der Waals surface area contributed by atoms with Gasteiger partial charge in [0.25, 0.3) is 5.69 Å². The monoisotopic (exact) mass is 635 g/mol. The van der Waals surface area contributed by atoms with Crippen molar-refractivity contribution in [3.8, 4) is 11.3 Å². The zero-order valence-corrected chi connectivity index (χ0v) is 28.2. The van der Waals surface area contributed by atoms with Gasteiger partial charge in [0.2, 0.25) is 0 Å². The van der Waals surface area contributed by atoms with Crippen LogP contribution in [0.25, 0.3) is 11.3 Å². The number of rotatable bonds is 6. The number of benzene rings is 3. The van der Waals surface area contributed by atoms with Gasteiger partial charge in [-0.1, -0.05) is 69.3 Å². The Morgan fingerprint density at radius 3 is 2.00 bits per heavy atom. The van der Waals surface area contributed by atoms with E-state index in [0.29, 0.717) is 6.54 Å². The summed E-state index contributed by atoms with van der Waals surface area (Å²) in [7, 11) is 0. The molecule has 246 valence electrons. The van der Waals surface area contributed by atoms with Crippen LogP contribution in [0.2, 0.25) is 0 Å². The van der Waals surface area contributed by atoms with E-state index in [9.17, 15) is 14.9 Å². The molecule has 4 aromatic rings. The molecule has 1 aromatic heterocycles. The van der Waals surface area contributed by atoms with Gasteiger partial charge in [-0.2, -0.15) is 0 Å². The first-order valence-electron chi connectivity index (χ1n) is 16.6. The molecule has 2 saturated heterocycles. The third-order valence-electron chi connectivity index (χ3n) is 9.29. The third kappa shape index (κ3) is 6.89. The lowest BCUT2D eigenvalue weighted by Gasteiger charge is -2.34. The highest BCUT2D eigenvalue weighted by Gasteiger charge is 2.37. The fraction of sp³-hybridized carbons (Fsp3) is 0.421. The summed E-state index contributed by atoms with van der Waals surface area (Å²) in [5.74, 6) is 0.777. The number of carbonyl (C=O) groups excluding carboxylic acids is 1. The minimum absolute atomic E-state index is 0.0500. The van der Waals surface area contributed by atoms with E-state index in [1.165, 1.54) is 11.1 Å². The summed E-state index contributed by atoms with van der Waals surface area (Å²) in [4.78, 5) is 36.3. The van der Waals surface area contributed by atoms with Crippen molar-refractivity contribution in [3.63, 3.8) is 0 Å². The molecule has 9 nitrogen and oxygen atoms in total. The van der Waals surface area contributed by atoms with Crippen molar-refractivity contribution in [2.45, 2.75) is 96.4 Å². The molecule has 0 radical (unpaired) electrons. The minimum atomic E-state index is -0.549. The van der Waals surface area contributed by atoms with Gasteiger partial charge in [0.1, 0.15) is 11.4 Å². The number of nitro groups is 1. The van der Waals surface area contributed by atoms with Crippen LogP contribution in [0.15, 0.2) is 79.0 Å². The number of imidazole rings is 1. The van der Waals surface area contributed by atoms with Gasteiger partial charge in [0.15, 0.2) is 0 Å². The van der Waals surface area contributed by atoms with Gasteiger partial charge in [-0.15, -0.1) is 0 Å². The summed E-state index contributed by atoms with van der Waals surface area (Å²) in [6.45, 7) is 13.0. The molecule has 0 saturated carbocycles. The molecule has 2 aliphatic heterocycles. The Morgan fingerprint density at radius 2 is 1.45 bits per heavy atom. The van der Waals surface area contributed by atoms with Gasteiger partial charge >= 0.3 is 6.09 Å². The summed E-state index contributed by atoms with van der Waals surface area (Å²) in [6, 6.07) is 24.6. The number of amides is 1. The van der Waals surface area contributed by atoms with Crippen LogP contribution >= 0.6 is 0 Å². The Bertz CT molecular complexity index is 1720. The first-order valence-corrected chi connectivity index (χ1v) is 16.6. The van der Waals surface area contributed by atoms with Crippen LogP contribution in [-0.2, 0) is 10.2 Å². The highest BCUT2D eigenvalue weighted by atomic mass is 16.6. The highest BCUT2D eigenvalue weighted by molar-refractivity contribution is 5.69. The van der Waals surface area contributed by atoms with Gasteiger partial charge in [0, 0.05) is 36.1 Å². The first-order chi connectivity index (χ1) is 22.3. The smallest absolute Gasteiger partial charge is 0.410 e. The van der Waals surface area contributed by atoms with Gasteiger partial charge in [-0.3, -0.25) is 15.0 Å². The van der Waals surface area contributed by atoms with Crippen LogP contribution in [0.4, 0.5) is 16.2 Å². The summed E-state index contributed by atoms with van der Waals surface area (Å²) >= 11 is 0. The summed E-state index contributed by atoms with van der Waals surface area (Å²) in [6.07, 6.45) is 5.25. The average Bonchev–Trinajstić information content (AvgIpc) is 3.80. The molecule has 3 aromatic carbocycles. The summed E-state index contributed by atoms with van der Waals surface area (Å²) in [5, 5.41) is 11.3. The molecule has 0 spiro atoms. The Labute approximate surface area is 277 Å². The Kier molecular flexibility index (Phi) is 8.59. The lowest BCUT2D eigenvalue weighted by Crippen LogP contribution is -2.36. The molecule has 1 amide bonds. The molecule has 2 aliphatic rings. The van der Waals surface area contributed by atoms with Crippen molar-refractivity contribution in [1.82, 2.24) is 14.9 Å². The second-order valence-electron chi connectivity index (χ2n) is 14.8. The molecule has 9 heteroatoms. The molecule has 3 heterocycles. The topological polar surface area (TPSA) is 105 Å². The number of aromatic amines is 1. The van der Waals surface area contributed by atoms with E-state index in [2.05, 4.69) is 79.2 Å². The maximum atomic E-state index is 12.9. The standard InChI is InChI=1S/C38H45N5O4/c1-37(2,3)28-15-19-29(20-16-28)42-32(21-22-33(42)27-13-17-30(18-14-27)43(45)46)26-11-9-25(10-12-26)31-24-39-35(40-31)34-8-7-23-41(34)36(44)47-38(4,5)6/h9-20,24,32-34H,7-8,21-23H2,1-6H3,(H,39,40)/t32?,33?,34-/m0/s1. The van der Waals surface area contributed by atoms with Gasteiger partial charge in [-0.25, -0.2) is 9.78 Å². The number of aromatic nitrogens is 2. The predicted molar refractivity (Wildman–Crippen MR) is 184 cm³/mol. The molecule has 3 atom stereocenters. The molecular formula is C38H45N5O4. The number of nitrogens with one attached hydrogen (secondary N) is 1. The normalized spacial score (nSPS) is 20.1. The van der Waals surface area contributed by atoms with E-state index >= 15 is 0 Å². The van der Waals surface area contributed by atoms with Gasteiger partial charge in [0.05, 0.1) is 28.7 Å². The molecule has 2 unspecified atom stereocenters. The van der Waals surface area contributed by atoms with Crippen LogP contribution in [0.5, 0.6) is 0 Å². The second-order valence-corrected chi connectivity index (χ2v) is 14.8. The largest absolute Gasteiger partial charge is 0.444 e. The number of carbonyl (C=O) groups is 1. The number of hydrogen-bond acceptors (Lipinski definition) is 6. The Hall–Kier alpha value is -4.66. The molecule has 6 rings (SSSR count). The summed E-state index contributed by atoms with van der Waals surface area (Å²) in [5.41, 5.74) is 6.14. The van der Waals surface area contributed by atoms with E-state index in [1.807, 2.05) is 39.1 Å². The van der Waals surface area contributed by atoms with Crippen LogP contribution in [0.1, 0.15) is 108 Å². The van der Waals surface area contributed by atoms with E-state index in [1.54, 1.807) is 17.0 Å². The molecular weight excluding hydrogens is 590 g/mol. The van der Waals surface area contributed by atoms with Crippen molar-refractivity contribution in [2.24, 2.45) is 0 Å². The fourth-order valence-electron chi connectivity index (χ4n) is 6.90. The molecule has 2 fully saturated rings. The van der Waals surface area contributed by atoms with Crippen molar-refractivity contribution in [3.05, 3.63) is 112 Å². The molecule has 1 N–H and O–H groups in total. The van der Waals surface area contributed by atoms with E-state index < -0.39 is 5.60 Å². The zero-order valence-electron chi connectivity index (χ0n) is 28.2. The van der Waals surface area contributed by atoms with Crippen LogP contribution in [-0.4, -0.2) is 38.0 Å². The van der Waals surface area contributed by atoms with Gasteiger partial charge in [-0.05, 0) is 80.7 Å². The van der Waals surface area contributed by atoms with Crippen molar-refractivity contribution >= 4 is 17.5 Å². The molecule has 47 heavy (non-hydrogen) atoms. The SMILES string of the molecule is CC(C)(C)OC(=O)N1CCC[C@H]1c1nc(-c2ccc(C3CCC(c4ccc([N+](=O)[O-])cc4)N3c3ccc(C(C)(C)C)cc3)cc2)c[nH]1. The third-order valence-corrected chi connectivity index (χ3v) is 9.29. The van der Waals surface area contributed by atoms with E-state index in [0.717, 1.165) is 54.0 Å². The maximum absolute atomic E-state index is 12.9. The van der Waals surface area contributed by atoms with Crippen LogP contribution < -0.4 is 4.90 Å². The number of H-pyrrole nitrogens is 1. The lowest BCUT2D eigenvalue weighted by atomic mass is 9.87. The van der Waals surface area contributed by atoms with Gasteiger partial charge < -0.3 is 14.6 Å². The first kappa shape index (κ1) is 32.3. The quantitative estimate of drug-likeness (QED) is 0.167. The number of non-ortho nitro benzene ring substituents is 1. The minimum Gasteiger partial charge on any atom is -0.444 e. The number of likely N-dealkylation sites (tertiary alicyclic amines) is 1. The van der Waals surface area contributed by atoms with E-state index in [4.69, 9.17) is 9.72 Å². The fourth-order valence-corrected chi connectivity index (χ4v) is 6.90. The Balaban J connectivity index is 1.25. The Morgan fingerprint density at radius 1 is 0.851 bits per heavy atom. The number of nitro benzene ring substituents is 1. The average molecular weight is 636 g/mol. The van der Waals surface area contributed by atoms with E-state index in [-0.39, 0.29) is 40.2 Å². The van der Waals surface area contributed by atoms with Crippen LogP contribution in [0, 0.1) is 10.1 Å². The zero-order chi connectivity index (χ0) is 33.5. The molecule has 0 bridgehead atoms. The van der Waals surface area contributed by atoms with Crippen molar-refractivity contribution < 1.29 is 14.5 Å². The number of nitrogens with zero attached hydrogens (tertiary/aromatic N) is 4.